The van der Waals surface area contributed by atoms with E-state index in [0.29, 0.717) is 11.5 Å². The minimum atomic E-state index is -0.614. The second-order valence-electron chi connectivity index (χ2n) is 5.02. The monoisotopic (exact) mass is 282 g/mol. The van der Waals surface area contributed by atoms with Crippen LogP contribution >= 0.6 is 0 Å². The zero-order valence-corrected chi connectivity index (χ0v) is 11.5. The molecule has 1 aromatic carbocycles. The molecule has 4 rings (SSSR count). The lowest BCUT2D eigenvalue weighted by Gasteiger charge is -2.10. The summed E-state index contributed by atoms with van der Waals surface area (Å²) < 4.78 is 11.0. The van der Waals surface area contributed by atoms with Crippen molar-refractivity contribution in [2.75, 3.05) is 13.7 Å². The summed E-state index contributed by atoms with van der Waals surface area (Å²) >= 11 is 0. The zero-order chi connectivity index (χ0) is 14.4. The molecule has 1 atom stereocenters. The summed E-state index contributed by atoms with van der Waals surface area (Å²) in [4.78, 5) is 7.46. The van der Waals surface area contributed by atoms with Gasteiger partial charge in [0.2, 0.25) is 0 Å². The molecule has 0 saturated heterocycles. The van der Waals surface area contributed by atoms with Crippen molar-refractivity contribution in [1.82, 2.24) is 9.97 Å². The molecule has 0 amide bonds. The largest absolute Gasteiger partial charge is 0.497 e. The minimum absolute atomic E-state index is 0.274. The molecule has 2 aromatic heterocycles. The van der Waals surface area contributed by atoms with E-state index in [1.54, 1.807) is 13.3 Å². The average molecular weight is 282 g/mol. The van der Waals surface area contributed by atoms with Crippen molar-refractivity contribution in [2.45, 2.75) is 6.10 Å². The van der Waals surface area contributed by atoms with Crippen LogP contribution in [0.2, 0.25) is 0 Å². The van der Waals surface area contributed by atoms with E-state index in [2.05, 4.69) is 9.97 Å². The maximum absolute atomic E-state index is 10.0. The molecule has 5 heteroatoms. The topological polar surface area (TPSA) is 67.4 Å². The summed E-state index contributed by atoms with van der Waals surface area (Å²) in [5, 5.41) is 11.0. The van der Waals surface area contributed by atoms with Crippen molar-refractivity contribution in [3.63, 3.8) is 0 Å². The second kappa shape index (κ2) is 4.49. The summed E-state index contributed by atoms with van der Waals surface area (Å²) in [6.45, 7) is 0.274. The molecule has 0 saturated carbocycles. The molecule has 0 fully saturated rings. The van der Waals surface area contributed by atoms with Gasteiger partial charge in [-0.05, 0) is 24.3 Å². The molecule has 3 heterocycles. The van der Waals surface area contributed by atoms with Crippen molar-refractivity contribution in [1.29, 1.82) is 0 Å². The van der Waals surface area contributed by atoms with Gasteiger partial charge < -0.3 is 19.6 Å². The molecule has 0 radical (unpaired) electrons. The predicted octanol–water partition coefficient (Wildman–Crippen LogP) is 2.66. The van der Waals surface area contributed by atoms with Gasteiger partial charge in [0, 0.05) is 34.5 Å². The van der Waals surface area contributed by atoms with E-state index in [0.717, 1.165) is 27.7 Å². The fourth-order valence-corrected chi connectivity index (χ4v) is 2.78. The summed E-state index contributed by atoms with van der Waals surface area (Å²) in [5.41, 5.74) is 3.48. The van der Waals surface area contributed by atoms with Crippen molar-refractivity contribution < 1.29 is 14.6 Å². The Kier molecular flexibility index (Phi) is 2.62. The van der Waals surface area contributed by atoms with Crippen molar-refractivity contribution >= 4 is 11.0 Å². The fourth-order valence-electron chi connectivity index (χ4n) is 2.78. The van der Waals surface area contributed by atoms with Crippen LogP contribution in [0, 0.1) is 0 Å². The first-order chi connectivity index (χ1) is 10.3. The number of aromatic nitrogens is 2. The van der Waals surface area contributed by atoms with Crippen LogP contribution in [0.4, 0.5) is 0 Å². The number of hydrogen-bond donors (Lipinski definition) is 2. The number of hydrogen-bond acceptors (Lipinski definition) is 4. The first-order valence-corrected chi connectivity index (χ1v) is 6.73. The van der Waals surface area contributed by atoms with E-state index in [-0.39, 0.29) is 6.61 Å². The number of pyridine rings is 1. The summed E-state index contributed by atoms with van der Waals surface area (Å²) in [6.07, 6.45) is 3.04. The molecule has 5 nitrogen and oxygen atoms in total. The quantitative estimate of drug-likeness (QED) is 0.758. The van der Waals surface area contributed by atoms with E-state index in [1.165, 1.54) is 0 Å². The van der Waals surface area contributed by atoms with Gasteiger partial charge in [0.1, 0.15) is 29.9 Å². The Balaban J connectivity index is 2.00. The Bertz CT molecular complexity index is 826. The Morgan fingerprint density at radius 3 is 3.14 bits per heavy atom. The molecule has 1 aliphatic rings. The van der Waals surface area contributed by atoms with Crippen LogP contribution in [-0.4, -0.2) is 28.8 Å². The van der Waals surface area contributed by atoms with Crippen LogP contribution in [0.5, 0.6) is 11.5 Å². The highest BCUT2D eigenvalue weighted by atomic mass is 16.5. The van der Waals surface area contributed by atoms with E-state index in [4.69, 9.17) is 9.47 Å². The molecule has 21 heavy (non-hydrogen) atoms. The van der Waals surface area contributed by atoms with Gasteiger partial charge in [0.15, 0.2) is 0 Å². The molecule has 0 aliphatic carbocycles. The molecule has 0 spiro atoms. The van der Waals surface area contributed by atoms with Gasteiger partial charge >= 0.3 is 0 Å². The highest BCUT2D eigenvalue weighted by Gasteiger charge is 2.27. The lowest BCUT2D eigenvalue weighted by molar-refractivity contribution is 0.140. The number of aromatic amines is 1. The molecular formula is C16H14N2O3. The second-order valence-corrected chi connectivity index (χ2v) is 5.02. The third kappa shape index (κ3) is 1.78. The number of nitrogens with one attached hydrogen (secondary N) is 1. The van der Waals surface area contributed by atoms with Gasteiger partial charge in [-0.1, -0.05) is 0 Å². The van der Waals surface area contributed by atoms with Crippen LogP contribution < -0.4 is 9.47 Å². The van der Waals surface area contributed by atoms with Crippen LogP contribution in [0.15, 0.2) is 36.7 Å². The Morgan fingerprint density at radius 1 is 1.38 bits per heavy atom. The van der Waals surface area contributed by atoms with Crippen LogP contribution in [0.1, 0.15) is 11.7 Å². The Hall–Kier alpha value is -2.53. The molecular weight excluding hydrogens is 268 g/mol. The first kappa shape index (κ1) is 12.2. The molecule has 106 valence electrons. The molecule has 3 aromatic rings. The SMILES string of the molecule is COc1cc(-c2c[nH]c3ncccc23)c2c(c1)C(O)CO2. The predicted molar refractivity (Wildman–Crippen MR) is 78.5 cm³/mol. The van der Waals surface area contributed by atoms with Gasteiger partial charge in [0.05, 0.1) is 7.11 Å². The van der Waals surface area contributed by atoms with Gasteiger partial charge in [-0.3, -0.25) is 0 Å². The smallest absolute Gasteiger partial charge is 0.137 e. The number of nitrogens with zero attached hydrogens (tertiary/aromatic N) is 1. The maximum Gasteiger partial charge on any atom is 0.137 e. The number of ether oxygens (including phenoxy) is 2. The van der Waals surface area contributed by atoms with Crippen molar-refractivity contribution in [3.8, 4) is 22.6 Å². The molecule has 2 N–H and O–H groups in total. The van der Waals surface area contributed by atoms with Crippen molar-refractivity contribution in [2.24, 2.45) is 0 Å². The van der Waals surface area contributed by atoms with Crippen molar-refractivity contribution in [3.05, 3.63) is 42.2 Å². The highest BCUT2D eigenvalue weighted by Crippen LogP contribution is 2.45. The average Bonchev–Trinajstić information content (AvgIpc) is 3.11. The number of rotatable bonds is 2. The normalized spacial score (nSPS) is 16.8. The van der Waals surface area contributed by atoms with Gasteiger partial charge in [-0.15, -0.1) is 0 Å². The van der Waals surface area contributed by atoms with E-state index in [1.807, 2.05) is 30.5 Å². The van der Waals surface area contributed by atoms with Crippen LogP contribution in [0.25, 0.3) is 22.2 Å². The Labute approximate surface area is 121 Å². The third-order valence-corrected chi connectivity index (χ3v) is 3.81. The lowest BCUT2D eigenvalue weighted by Crippen LogP contribution is -1.97. The van der Waals surface area contributed by atoms with E-state index < -0.39 is 6.10 Å². The summed E-state index contributed by atoms with van der Waals surface area (Å²) in [7, 11) is 1.62. The van der Waals surface area contributed by atoms with Crippen LogP contribution in [-0.2, 0) is 0 Å². The van der Waals surface area contributed by atoms with Gasteiger partial charge in [-0.25, -0.2) is 4.98 Å². The molecule has 1 unspecified atom stereocenters. The zero-order valence-electron chi connectivity index (χ0n) is 11.5. The minimum Gasteiger partial charge on any atom is -0.497 e. The number of fused-ring (bicyclic) bond motifs is 2. The van der Waals surface area contributed by atoms with Gasteiger partial charge in [0.25, 0.3) is 0 Å². The number of benzene rings is 1. The number of aliphatic hydroxyl groups excluding tert-OH is 1. The van der Waals surface area contributed by atoms with Gasteiger partial charge in [-0.2, -0.15) is 0 Å². The fraction of sp³-hybridized carbons (Fsp3) is 0.188. The summed E-state index contributed by atoms with van der Waals surface area (Å²) in [6, 6.07) is 7.65. The molecule has 1 aliphatic heterocycles. The lowest BCUT2D eigenvalue weighted by atomic mass is 10.00. The first-order valence-electron chi connectivity index (χ1n) is 6.73. The Morgan fingerprint density at radius 2 is 2.29 bits per heavy atom. The molecule has 0 bridgehead atoms. The third-order valence-electron chi connectivity index (χ3n) is 3.81. The standard InChI is InChI=1S/C16H14N2O3/c1-20-9-5-11(15-12(6-9)14(19)8-21-15)13-7-18-16-10(13)3-2-4-17-16/h2-7,14,19H,8H2,1H3,(H,17,18). The summed E-state index contributed by atoms with van der Waals surface area (Å²) in [5.74, 6) is 1.42. The van der Waals surface area contributed by atoms with Crippen LogP contribution in [0.3, 0.4) is 0 Å². The number of H-pyrrole nitrogens is 1. The number of methoxy groups -OCH3 is 1. The van der Waals surface area contributed by atoms with E-state index >= 15 is 0 Å². The maximum atomic E-state index is 10.0. The highest BCUT2D eigenvalue weighted by molar-refractivity contribution is 5.96. The van der Waals surface area contributed by atoms with E-state index in [9.17, 15) is 5.11 Å². The number of aliphatic hydroxyl groups is 1.